The fourth-order valence-corrected chi connectivity index (χ4v) is 2.95. The van der Waals surface area contributed by atoms with E-state index in [9.17, 15) is 9.59 Å². The van der Waals surface area contributed by atoms with Gasteiger partial charge < -0.3 is 11.1 Å². The first-order chi connectivity index (χ1) is 11.3. The van der Waals surface area contributed by atoms with Gasteiger partial charge in [0.2, 0.25) is 5.91 Å². The number of benzene rings is 1. The molecule has 0 bridgehead atoms. The Bertz CT molecular complexity index is 580. The van der Waals surface area contributed by atoms with Gasteiger partial charge in [-0.25, -0.2) is 4.79 Å². The van der Waals surface area contributed by atoms with Crippen LogP contribution in [0.15, 0.2) is 30.3 Å². The van der Waals surface area contributed by atoms with Crippen LogP contribution in [0, 0.1) is 5.41 Å². The van der Waals surface area contributed by atoms with E-state index in [1.807, 2.05) is 37.3 Å². The molecule has 2 unspecified atom stereocenters. The van der Waals surface area contributed by atoms with E-state index >= 15 is 0 Å². The Hall–Kier alpha value is -1.63. The van der Waals surface area contributed by atoms with Gasteiger partial charge in [-0.15, -0.1) is 12.4 Å². The molecular formula is C18H29ClN4O2. The fourth-order valence-electron chi connectivity index (χ4n) is 2.95. The maximum Gasteiger partial charge on any atom is 0.321 e. The molecular weight excluding hydrogens is 340 g/mol. The first-order valence-corrected chi connectivity index (χ1v) is 8.42. The van der Waals surface area contributed by atoms with Gasteiger partial charge in [0, 0.05) is 25.7 Å². The Kier molecular flexibility index (Phi) is 7.86. The lowest BCUT2D eigenvalue weighted by molar-refractivity contribution is -0.126. The second-order valence-corrected chi connectivity index (χ2v) is 7.19. The van der Waals surface area contributed by atoms with E-state index in [0.29, 0.717) is 6.54 Å². The average Bonchev–Trinajstić information content (AvgIpc) is 2.55. The maximum atomic E-state index is 12.3. The second-order valence-electron chi connectivity index (χ2n) is 7.19. The first-order valence-electron chi connectivity index (χ1n) is 8.42. The Morgan fingerprint density at radius 3 is 2.56 bits per heavy atom. The smallest absolute Gasteiger partial charge is 0.321 e. The highest BCUT2D eigenvalue weighted by Crippen LogP contribution is 2.28. The van der Waals surface area contributed by atoms with Crippen molar-refractivity contribution in [3.8, 4) is 0 Å². The summed E-state index contributed by atoms with van der Waals surface area (Å²) in [5.74, 6) is -0.285. The molecule has 6 nitrogen and oxygen atoms in total. The van der Waals surface area contributed by atoms with Gasteiger partial charge in [0.1, 0.15) is 0 Å². The zero-order valence-corrected chi connectivity index (χ0v) is 15.9. The number of hydrogen-bond acceptors (Lipinski definition) is 4. The SMILES string of the molecule is CC(C(=O)NC(=O)NCc1ccccc1)N1CCC(N)C(C)(C)C1.Cl. The molecule has 25 heavy (non-hydrogen) atoms. The number of carbonyl (C=O) groups is 2. The van der Waals surface area contributed by atoms with Crippen molar-refractivity contribution < 1.29 is 9.59 Å². The normalized spacial score (nSPS) is 20.9. The summed E-state index contributed by atoms with van der Waals surface area (Å²) in [6, 6.07) is 8.88. The Morgan fingerprint density at radius 1 is 1.32 bits per heavy atom. The number of carbonyl (C=O) groups excluding carboxylic acids is 2. The summed E-state index contributed by atoms with van der Waals surface area (Å²) in [7, 11) is 0. The summed E-state index contributed by atoms with van der Waals surface area (Å²) in [6.45, 7) is 7.95. The quantitative estimate of drug-likeness (QED) is 0.757. The number of urea groups is 1. The van der Waals surface area contributed by atoms with Gasteiger partial charge in [0.25, 0.3) is 0 Å². The van der Waals surface area contributed by atoms with Gasteiger partial charge in [0.15, 0.2) is 0 Å². The summed E-state index contributed by atoms with van der Waals surface area (Å²) in [4.78, 5) is 26.3. The number of likely N-dealkylation sites (tertiary alicyclic amines) is 1. The molecule has 7 heteroatoms. The van der Waals surface area contributed by atoms with E-state index in [4.69, 9.17) is 5.73 Å². The molecule has 3 amide bonds. The molecule has 0 aromatic heterocycles. The van der Waals surface area contributed by atoms with E-state index < -0.39 is 6.03 Å². The molecule has 1 saturated heterocycles. The lowest BCUT2D eigenvalue weighted by atomic mass is 9.79. The third-order valence-electron chi connectivity index (χ3n) is 4.80. The molecule has 2 atom stereocenters. The number of nitrogens with one attached hydrogen (secondary N) is 2. The summed E-state index contributed by atoms with van der Waals surface area (Å²) < 4.78 is 0. The van der Waals surface area contributed by atoms with Gasteiger partial charge in [-0.3, -0.25) is 15.0 Å². The van der Waals surface area contributed by atoms with E-state index in [-0.39, 0.29) is 35.8 Å². The minimum Gasteiger partial charge on any atom is -0.334 e. The molecule has 0 saturated carbocycles. The lowest BCUT2D eigenvalue weighted by Gasteiger charge is -2.44. The number of rotatable bonds is 4. The molecule has 1 aliphatic rings. The molecule has 0 radical (unpaired) electrons. The molecule has 1 aliphatic heterocycles. The van der Waals surface area contributed by atoms with E-state index in [1.165, 1.54) is 0 Å². The number of nitrogens with two attached hydrogens (primary N) is 1. The monoisotopic (exact) mass is 368 g/mol. The minimum absolute atomic E-state index is 0. The van der Waals surface area contributed by atoms with Gasteiger partial charge in [-0.1, -0.05) is 44.2 Å². The number of hydrogen-bond donors (Lipinski definition) is 3. The van der Waals surface area contributed by atoms with Crippen LogP contribution >= 0.6 is 12.4 Å². The van der Waals surface area contributed by atoms with Crippen LogP contribution in [-0.2, 0) is 11.3 Å². The van der Waals surface area contributed by atoms with E-state index in [1.54, 1.807) is 0 Å². The maximum absolute atomic E-state index is 12.3. The molecule has 1 aromatic rings. The highest BCUT2D eigenvalue weighted by atomic mass is 35.5. The van der Waals surface area contributed by atoms with Crippen molar-refractivity contribution in [2.24, 2.45) is 11.1 Å². The van der Waals surface area contributed by atoms with Crippen LogP contribution in [0.2, 0.25) is 0 Å². The van der Waals surface area contributed by atoms with Gasteiger partial charge >= 0.3 is 6.03 Å². The Balaban J connectivity index is 0.00000312. The number of imide groups is 1. The van der Waals surface area contributed by atoms with Gasteiger partial charge in [-0.05, 0) is 24.3 Å². The molecule has 1 aromatic carbocycles. The summed E-state index contributed by atoms with van der Waals surface area (Å²) in [5, 5.41) is 5.13. The van der Waals surface area contributed by atoms with Gasteiger partial charge in [-0.2, -0.15) is 0 Å². The number of piperidine rings is 1. The van der Waals surface area contributed by atoms with Crippen molar-refractivity contribution in [2.75, 3.05) is 13.1 Å². The Labute approximate surface area is 155 Å². The zero-order valence-electron chi connectivity index (χ0n) is 15.1. The van der Waals surface area contributed by atoms with Crippen LogP contribution in [0.25, 0.3) is 0 Å². The molecule has 0 aliphatic carbocycles. The topological polar surface area (TPSA) is 87.5 Å². The van der Waals surface area contributed by atoms with Crippen molar-refractivity contribution in [2.45, 2.75) is 45.8 Å². The van der Waals surface area contributed by atoms with Crippen molar-refractivity contribution in [3.05, 3.63) is 35.9 Å². The summed E-state index contributed by atoms with van der Waals surface area (Å²) >= 11 is 0. The standard InChI is InChI=1S/C18H28N4O2.ClH/c1-13(22-10-9-15(19)18(2,3)12-22)16(23)21-17(24)20-11-14-7-5-4-6-8-14;/h4-8,13,15H,9-12,19H2,1-3H3,(H2,20,21,23,24);1H. The van der Waals surface area contributed by atoms with Crippen LogP contribution in [-0.4, -0.2) is 42.0 Å². The number of halogens is 1. The zero-order chi connectivity index (χ0) is 17.7. The van der Waals surface area contributed by atoms with E-state index in [0.717, 1.165) is 25.1 Å². The molecule has 140 valence electrons. The average molecular weight is 369 g/mol. The van der Waals surface area contributed by atoms with Crippen LogP contribution in [0.5, 0.6) is 0 Å². The summed E-state index contributed by atoms with van der Waals surface area (Å²) in [5.41, 5.74) is 7.08. The Morgan fingerprint density at radius 2 is 1.96 bits per heavy atom. The second kappa shape index (κ2) is 9.17. The van der Waals surface area contributed by atoms with Crippen LogP contribution < -0.4 is 16.4 Å². The van der Waals surface area contributed by atoms with Crippen LogP contribution in [0.1, 0.15) is 32.8 Å². The minimum atomic E-state index is -0.469. The largest absolute Gasteiger partial charge is 0.334 e. The lowest BCUT2D eigenvalue weighted by Crippen LogP contribution is -2.58. The number of amides is 3. The predicted molar refractivity (Wildman–Crippen MR) is 101 cm³/mol. The van der Waals surface area contributed by atoms with Gasteiger partial charge in [0.05, 0.1) is 6.04 Å². The molecule has 0 spiro atoms. The number of nitrogens with zero attached hydrogens (tertiary/aromatic N) is 1. The van der Waals surface area contributed by atoms with Crippen LogP contribution in [0.3, 0.4) is 0 Å². The van der Waals surface area contributed by atoms with Crippen molar-refractivity contribution >= 4 is 24.3 Å². The fraction of sp³-hybridized carbons (Fsp3) is 0.556. The van der Waals surface area contributed by atoms with Crippen molar-refractivity contribution in [1.82, 2.24) is 15.5 Å². The molecule has 1 fully saturated rings. The highest BCUT2D eigenvalue weighted by molar-refractivity contribution is 5.96. The highest BCUT2D eigenvalue weighted by Gasteiger charge is 2.36. The van der Waals surface area contributed by atoms with Crippen molar-refractivity contribution in [1.29, 1.82) is 0 Å². The van der Waals surface area contributed by atoms with E-state index in [2.05, 4.69) is 29.4 Å². The summed E-state index contributed by atoms with van der Waals surface area (Å²) in [6.07, 6.45) is 0.852. The predicted octanol–water partition coefficient (Wildman–Crippen LogP) is 1.88. The van der Waals surface area contributed by atoms with Crippen LogP contribution in [0.4, 0.5) is 4.79 Å². The molecule has 4 N–H and O–H groups in total. The van der Waals surface area contributed by atoms with Crippen molar-refractivity contribution in [3.63, 3.8) is 0 Å². The third kappa shape index (κ3) is 5.99. The third-order valence-corrected chi connectivity index (χ3v) is 4.80. The molecule has 2 rings (SSSR count). The molecule has 1 heterocycles. The first kappa shape index (κ1) is 21.4.